The molecule has 0 saturated heterocycles. The molecule has 0 aromatic heterocycles. The molecule has 0 spiro atoms. The summed E-state index contributed by atoms with van der Waals surface area (Å²) in [7, 11) is -13.0. The van der Waals surface area contributed by atoms with Crippen molar-refractivity contribution in [2.75, 3.05) is 0 Å². The molecule has 0 aliphatic carbocycles. The van der Waals surface area contributed by atoms with Gasteiger partial charge in [-0.1, -0.05) is 133 Å². The molecule has 0 N–H and O–H groups in total. The van der Waals surface area contributed by atoms with Gasteiger partial charge in [-0.25, -0.2) is 25.3 Å². The molecule has 0 bridgehead atoms. The van der Waals surface area contributed by atoms with E-state index >= 15 is 0 Å². The maximum atomic E-state index is 11.0. The van der Waals surface area contributed by atoms with Gasteiger partial charge in [0, 0.05) is 0 Å². The van der Waals surface area contributed by atoms with Gasteiger partial charge < -0.3 is 13.7 Å². The third-order valence-corrected chi connectivity index (χ3v) is 10.4. The minimum Gasteiger partial charge on any atom is -0.744 e. The topological polar surface area (TPSA) is 172 Å². The molecule has 0 amide bonds. The second-order valence-corrected chi connectivity index (χ2v) is 15.7. The second kappa shape index (κ2) is 25.0. The van der Waals surface area contributed by atoms with Crippen molar-refractivity contribution >= 4 is 30.4 Å². The zero-order valence-corrected chi connectivity index (χ0v) is 32.3. The van der Waals surface area contributed by atoms with Gasteiger partial charge in [-0.15, -0.1) is 0 Å². The zero-order valence-electron chi connectivity index (χ0n) is 28.8. The fraction of sp³-hybridized carbons (Fsp3) is 0.500. The molecule has 0 aliphatic heterocycles. The van der Waals surface area contributed by atoms with E-state index in [1.54, 1.807) is 54.6 Å². The summed E-state index contributed by atoms with van der Waals surface area (Å²) < 4.78 is 98.9. The van der Waals surface area contributed by atoms with Crippen molar-refractivity contribution in [1.29, 1.82) is 0 Å². The van der Waals surface area contributed by atoms with Gasteiger partial charge in [0.2, 0.25) is 0 Å². The average molecular weight is 780 g/mol. The molecule has 0 heterocycles. The SMILES string of the molecule is CCCCCCc1ccccc1S(=O)(=O)[O-].CCCCCCc1ccccc1S(=O)(=O)[O-].CCCCCCc1ccccc1S(=O)(=O)[O-].[Fe+3]. The van der Waals surface area contributed by atoms with Crippen molar-refractivity contribution in [1.82, 2.24) is 0 Å². The summed E-state index contributed by atoms with van der Waals surface area (Å²) in [5.74, 6) is 0. The Labute approximate surface area is 306 Å². The number of rotatable bonds is 18. The minimum absolute atomic E-state index is 0. The van der Waals surface area contributed by atoms with E-state index in [1.807, 2.05) is 0 Å². The molecular weight excluding hydrogens is 728 g/mol. The van der Waals surface area contributed by atoms with E-state index in [0.717, 1.165) is 77.0 Å². The Kier molecular flexibility index (Phi) is 23.9. The van der Waals surface area contributed by atoms with E-state index in [4.69, 9.17) is 0 Å². The molecule has 0 saturated carbocycles. The molecule has 9 nitrogen and oxygen atoms in total. The summed E-state index contributed by atoms with van der Waals surface area (Å²) in [6.07, 6.45) is 14.9. The van der Waals surface area contributed by atoms with Crippen LogP contribution >= 0.6 is 0 Å². The Balaban J connectivity index is 0.000000698. The number of hydrogen-bond acceptors (Lipinski definition) is 9. The summed E-state index contributed by atoms with van der Waals surface area (Å²) >= 11 is 0. The molecule has 49 heavy (non-hydrogen) atoms. The number of unbranched alkanes of at least 4 members (excludes halogenated alkanes) is 9. The van der Waals surface area contributed by atoms with Crippen LogP contribution in [0.4, 0.5) is 0 Å². The second-order valence-electron chi connectivity index (χ2n) is 11.6. The summed E-state index contributed by atoms with van der Waals surface area (Å²) in [5.41, 5.74) is 1.94. The van der Waals surface area contributed by atoms with Crippen LogP contribution in [0.15, 0.2) is 87.5 Å². The first-order valence-electron chi connectivity index (χ1n) is 16.8. The van der Waals surface area contributed by atoms with Gasteiger partial charge in [0.25, 0.3) is 0 Å². The quantitative estimate of drug-likeness (QED) is 0.0702. The van der Waals surface area contributed by atoms with E-state index in [9.17, 15) is 38.9 Å². The fourth-order valence-corrected chi connectivity index (χ4v) is 7.30. The number of hydrogen-bond donors (Lipinski definition) is 0. The van der Waals surface area contributed by atoms with E-state index < -0.39 is 30.4 Å². The van der Waals surface area contributed by atoms with E-state index in [1.165, 1.54) is 18.2 Å². The van der Waals surface area contributed by atoms with Gasteiger partial charge in [-0.05, 0) is 73.4 Å². The smallest absolute Gasteiger partial charge is 0.744 e. The minimum atomic E-state index is -4.33. The number of aryl methyl sites for hydroxylation is 3. The molecule has 1 radical (unpaired) electrons. The standard InChI is InChI=1S/3C12H18O3S.Fe/c3*1-2-3-4-5-8-11-9-6-7-10-12(11)16(13,14)15;/h3*6-7,9-10H,2-5,8H2,1H3,(H,13,14,15);/q;;;+3/p-3. The van der Waals surface area contributed by atoms with Gasteiger partial charge in [0.1, 0.15) is 30.4 Å². The van der Waals surface area contributed by atoms with Crippen molar-refractivity contribution in [3.8, 4) is 0 Å². The Bertz CT molecular complexity index is 1480. The van der Waals surface area contributed by atoms with Crippen molar-refractivity contribution in [2.24, 2.45) is 0 Å². The summed E-state index contributed by atoms with van der Waals surface area (Å²) in [6.45, 7) is 6.36. The van der Waals surface area contributed by atoms with Crippen LogP contribution in [0.25, 0.3) is 0 Å². The van der Waals surface area contributed by atoms with E-state index in [2.05, 4.69) is 20.8 Å². The summed E-state index contributed by atoms with van der Waals surface area (Å²) in [5, 5.41) is 0. The van der Waals surface area contributed by atoms with Gasteiger partial charge in [0.15, 0.2) is 0 Å². The molecule has 0 unspecified atom stereocenters. The molecule has 3 rings (SSSR count). The van der Waals surface area contributed by atoms with Gasteiger partial charge in [-0.3, -0.25) is 0 Å². The Morgan fingerprint density at radius 2 is 0.612 bits per heavy atom. The molecule has 0 fully saturated rings. The predicted molar refractivity (Wildman–Crippen MR) is 187 cm³/mol. The maximum absolute atomic E-state index is 11.0. The molecule has 3 aromatic carbocycles. The van der Waals surface area contributed by atoms with Crippen LogP contribution in [0.3, 0.4) is 0 Å². The Morgan fingerprint density at radius 1 is 0.388 bits per heavy atom. The maximum Gasteiger partial charge on any atom is 3.00 e. The van der Waals surface area contributed by atoms with Crippen LogP contribution in [0.5, 0.6) is 0 Å². The van der Waals surface area contributed by atoms with Crippen molar-refractivity contribution in [2.45, 2.75) is 132 Å². The average Bonchev–Trinajstić information content (AvgIpc) is 3.03. The molecule has 13 heteroatoms. The monoisotopic (exact) mass is 779 g/mol. The first kappa shape index (κ1) is 46.9. The summed E-state index contributed by atoms with van der Waals surface area (Å²) in [4.78, 5) is -0.190. The van der Waals surface area contributed by atoms with Crippen LogP contribution in [0.2, 0.25) is 0 Å². The summed E-state index contributed by atoms with van der Waals surface area (Å²) in [6, 6.07) is 19.4. The van der Waals surface area contributed by atoms with E-state index in [0.29, 0.717) is 36.0 Å². The molecule has 0 aliphatic rings. The van der Waals surface area contributed by atoms with Crippen molar-refractivity contribution < 1.29 is 56.0 Å². The van der Waals surface area contributed by atoms with Crippen LogP contribution in [-0.2, 0) is 66.7 Å². The van der Waals surface area contributed by atoms with Crippen molar-refractivity contribution in [3.05, 3.63) is 89.5 Å². The molecule has 275 valence electrons. The van der Waals surface area contributed by atoms with Gasteiger partial charge in [-0.2, -0.15) is 0 Å². The van der Waals surface area contributed by atoms with E-state index in [-0.39, 0.29) is 31.8 Å². The first-order chi connectivity index (χ1) is 22.7. The number of benzene rings is 3. The fourth-order valence-electron chi connectivity index (χ4n) is 5.09. The van der Waals surface area contributed by atoms with Gasteiger partial charge in [0.05, 0.1) is 14.7 Å². The van der Waals surface area contributed by atoms with Crippen LogP contribution in [0, 0.1) is 0 Å². The Hall–Kier alpha value is -2.09. The van der Waals surface area contributed by atoms with Gasteiger partial charge >= 0.3 is 17.1 Å². The molecular formula is C36H51FeO9S3. The molecule has 3 aromatic rings. The third-order valence-electron chi connectivity index (χ3n) is 7.62. The largest absolute Gasteiger partial charge is 3.00 e. The predicted octanol–water partition coefficient (Wildman–Crippen LogP) is 8.14. The van der Waals surface area contributed by atoms with Crippen LogP contribution in [0.1, 0.15) is 115 Å². The zero-order chi connectivity index (χ0) is 36.1. The Morgan fingerprint density at radius 3 is 0.816 bits per heavy atom. The molecule has 0 atom stereocenters. The normalized spacial score (nSPS) is 11.4. The first-order valence-corrected chi connectivity index (χ1v) is 21.0. The van der Waals surface area contributed by atoms with Crippen molar-refractivity contribution in [3.63, 3.8) is 0 Å². The van der Waals surface area contributed by atoms with Crippen LogP contribution < -0.4 is 0 Å². The third kappa shape index (κ3) is 19.8. The van der Waals surface area contributed by atoms with Crippen LogP contribution in [-0.4, -0.2) is 38.9 Å².